The van der Waals surface area contributed by atoms with Crippen molar-refractivity contribution in [2.45, 2.75) is 6.92 Å². The Morgan fingerprint density at radius 2 is 1.40 bits per heavy atom. The average molecular weight is 227 g/mol. The van der Waals surface area contributed by atoms with Gasteiger partial charge in [0.1, 0.15) is 6.29 Å². The first-order valence-electron chi connectivity index (χ1n) is 0.813. The van der Waals surface area contributed by atoms with Gasteiger partial charge in [-0.2, -0.15) is 0 Å². The van der Waals surface area contributed by atoms with Crippen LogP contribution in [-0.4, -0.2) is 6.29 Å². The molecule has 0 N–H and O–H groups in total. The second-order valence-electron chi connectivity index (χ2n) is 0.236. The molecule has 0 aromatic heterocycles. The molecule has 0 aliphatic rings. The summed E-state index contributed by atoms with van der Waals surface area (Å²) < 4.78 is 0. The molecular formula is C2H4OZr2. The maximum atomic E-state index is 8.81. The maximum absolute atomic E-state index is 8.81. The molecule has 0 radical (unpaired) electrons. The molecule has 5 heavy (non-hydrogen) atoms. The van der Waals surface area contributed by atoms with Crippen LogP contribution in [0.4, 0.5) is 0 Å². The van der Waals surface area contributed by atoms with Gasteiger partial charge >= 0.3 is 0 Å². The second kappa shape index (κ2) is 18.0. The number of aldehydes is 1. The van der Waals surface area contributed by atoms with Crippen LogP contribution < -0.4 is 0 Å². The first-order valence-corrected chi connectivity index (χ1v) is 0.813. The molecule has 0 unspecified atom stereocenters. The van der Waals surface area contributed by atoms with Crippen molar-refractivity contribution in [1.82, 2.24) is 0 Å². The summed E-state index contributed by atoms with van der Waals surface area (Å²) in [5.41, 5.74) is 0. The van der Waals surface area contributed by atoms with Gasteiger partial charge < -0.3 is 4.79 Å². The summed E-state index contributed by atoms with van der Waals surface area (Å²) in [7, 11) is 0. The summed E-state index contributed by atoms with van der Waals surface area (Å²) in [5.74, 6) is 0. The zero-order valence-corrected chi connectivity index (χ0v) is 7.90. The van der Waals surface area contributed by atoms with E-state index in [0.29, 0.717) is 0 Å². The van der Waals surface area contributed by atoms with Crippen LogP contribution in [0.2, 0.25) is 0 Å². The smallest absolute Gasteiger partial charge is 0.116 e. The second-order valence-corrected chi connectivity index (χ2v) is 0.236. The van der Waals surface area contributed by atoms with Crippen molar-refractivity contribution >= 4 is 6.29 Å². The van der Waals surface area contributed by atoms with Gasteiger partial charge in [0.15, 0.2) is 0 Å². The molecule has 0 aliphatic heterocycles. The molecule has 0 rings (SSSR count). The van der Waals surface area contributed by atoms with Gasteiger partial charge in [-0.05, 0) is 6.92 Å². The molecule has 3 heteroatoms. The number of rotatable bonds is 0. The third-order valence-electron chi connectivity index (χ3n) is 0. The molecular weight excluding hydrogens is 222 g/mol. The third-order valence-corrected chi connectivity index (χ3v) is 0. The molecule has 0 aromatic carbocycles. The fourth-order valence-electron chi connectivity index (χ4n) is 0. The summed E-state index contributed by atoms with van der Waals surface area (Å²) in [5, 5.41) is 0. The van der Waals surface area contributed by atoms with E-state index < -0.39 is 0 Å². The van der Waals surface area contributed by atoms with Crippen molar-refractivity contribution in [3.8, 4) is 0 Å². The molecule has 0 saturated carbocycles. The van der Waals surface area contributed by atoms with E-state index in [1.54, 1.807) is 0 Å². The van der Waals surface area contributed by atoms with Crippen LogP contribution in [0, 0.1) is 0 Å². The van der Waals surface area contributed by atoms with E-state index in [4.69, 9.17) is 4.79 Å². The molecule has 26 valence electrons. The van der Waals surface area contributed by atoms with Crippen LogP contribution in [0.25, 0.3) is 0 Å². The van der Waals surface area contributed by atoms with E-state index in [-0.39, 0.29) is 52.4 Å². The van der Waals surface area contributed by atoms with Crippen LogP contribution in [0.5, 0.6) is 0 Å². The van der Waals surface area contributed by atoms with E-state index in [2.05, 4.69) is 0 Å². The first kappa shape index (κ1) is 16.1. The monoisotopic (exact) mass is 224 g/mol. The topological polar surface area (TPSA) is 17.1 Å². The predicted octanol–water partition coefficient (Wildman–Crippen LogP) is 0.200. The summed E-state index contributed by atoms with van der Waals surface area (Å²) >= 11 is 0. The van der Waals surface area contributed by atoms with E-state index in [1.165, 1.54) is 6.92 Å². The Morgan fingerprint density at radius 3 is 1.40 bits per heavy atom. The van der Waals surface area contributed by atoms with Crippen molar-refractivity contribution in [3.63, 3.8) is 0 Å². The minimum absolute atomic E-state index is 0. The average Bonchev–Trinajstić information content (AvgIpc) is 0.918. The Bertz CT molecular complexity index is 15.1. The summed E-state index contributed by atoms with van der Waals surface area (Å²) in [6.45, 7) is 1.44. The van der Waals surface area contributed by atoms with Gasteiger partial charge in [0.05, 0.1) is 0 Å². The van der Waals surface area contributed by atoms with Gasteiger partial charge in [-0.3, -0.25) is 0 Å². The van der Waals surface area contributed by atoms with Crippen LogP contribution in [-0.2, 0) is 57.2 Å². The zero-order chi connectivity index (χ0) is 2.71. The number of carbonyl (C=O) groups is 1. The molecule has 0 heterocycles. The standard InChI is InChI=1S/C2H4O.2Zr/c1-2-3;;/h2H,1H3;;. The molecule has 0 aromatic rings. The predicted molar refractivity (Wildman–Crippen MR) is 11.7 cm³/mol. The van der Waals surface area contributed by atoms with Gasteiger partial charge in [0.25, 0.3) is 0 Å². The van der Waals surface area contributed by atoms with Crippen LogP contribution >= 0.6 is 0 Å². The maximum Gasteiger partial charge on any atom is 0.116 e. The van der Waals surface area contributed by atoms with Gasteiger partial charge in [-0.1, -0.05) is 0 Å². The minimum atomic E-state index is 0. The Morgan fingerprint density at radius 1 is 1.40 bits per heavy atom. The quantitative estimate of drug-likeness (QED) is 0.540. The van der Waals surface area contributed by atoms with Crippen molar-refractivity contribution in [2.24, 2.45) is 0 Å². The van der Waals surface area contributed by atoms with Crippen LogP contribution in [0.3, 0.4) is 0 Å². The first-order chi connectivity index (χ1) is 1.41. The molecule has 0 amide bonds. The van der Waals surface area contributed by atoms with Crippen molar-refractivity contribution in [1.29, 1.82) is 0 Å². The Labute approximate surface area is 69.8 Å². The number of carbonyl (C=O) groups excluding carboxylic acids is 1. The van der Waals surface area contributed by atoms with E-state index >= 15 is 0 Å². The normalized spacial score (nSPS) is 2.60. The molecule has 0 spiro atoms. The fourth-order valence-corrected chi connectivity index (χ4v) is 0. The van der Waals surface area contributed by atoms with Crippen LogP contribution in [0.15, 0.2) is 0 Å². The summed E-state index contributed by atoms with van der Waals surface area (Å²) in [6, 6.07) is 0. The van der Waals surface area contributed by atoms with Crippen molar-refractivity contribution in [3.05, 3.63) is 0 Å². The van der Waals surface area contributed by atoms with Gasteiger partial charge in [0.2, 0.25) is 0 Å². The van der Waals surface area contributed by atoms with Gasteiger partial charge in [-0.15, -0.1) is 0 Å². The van der Waals surface area contributed by atoms with E-state index in [1.807, 2.05) is 0 Å². The SMILES string of the molecule is CC=O.[Zr].[Zr]. The van der Waals surface area contributed by atoms with Crippen LogP contribution in [0.1, 0.15) is 6.92 Å². The van der Waals surface area contributed by atoms with E-state index in [0.717, 1.165) is 6.29 Å². The Balaban J connectivity index is -0.0000000200. The number of hydrogen-bond acceptors (Lipinski definition) is 1. The van der Waals surface area contributed by atoms with E-state index in [9.17, 15) is 0 Å². The molecule has 0 bridgehead atoms. The Kier molecular flexibility index (Phi) is 58.1. The molecule has 0 aliphatic carbocycles. The summed E-state index contributed by atoms with van der Waals surface area (Å²) in [6.07, 6.45) is 0.750. The largest absolute Gasteiger partial charge is 0.304 e. The van der Waals surface area contributed by atoms with Gasteiger partial charge in [0, 0.05) is 52.4 Å². The zero-order valence-electron chi connectivity index (χ0n) is 2.99. The fraction of sp³-hybridized carbons (Fsp3) is 0.500. The van der Waals surface area contributed by atoms with Crippen molar-refractivity contribution in [2.75, 3.05) is 0 Å². The minimum Gasteiger partial charge on any atom is -0.304 e. The molecule has 1 nitrogen and oxygen atoms in total. The molecule has 0 fully saturated rings. The van der Waals surface area contributed by atoms with Gasteiger partial charge in [-0.25, -0.2) is 0 Å². The number of hydrogen-bond donors (Lipinski definition) is 0. The molecule has 0 atom stereocenters. The third kappa shape index (κ3) is 31.1. The van der Waals surface area contributed by atoms with Crippen molar-refractivity contribution < 1.29 is 57.2 Å². The molecule has 0 saturated heterocycles. The summed E-state index contributed by atoms with van der Waals surface area (Å²) in [4.78, 5) is 8.81. The Hall–Kier alpha value is 1.44.